The second kappa shape index (κ2) is 7.72. The first-order valence-corrected chi connectivity index (χ1v) is 10.8. The molecule has 0 spiro atoms. The summed E-state index contributed by atoms with van der Waals surface area (Å²) in [5.41, 5.74) is 2.36. The van der Waals surface area contributed by atoms with Gasteiger partial charge >= 0.3 is 0 Å². The van der Waals surface area contributed by atoms with Crippen LogP contribution in [0.25, 0.3) is 0 Å². The average molecular weight is 397 g/mol. The van der Waals surface area contributed by atoms with Gasteiger partial charge in [-0.3, -0.25) is 4.31 Å². The average Bonchev–Trinajstić information content (AvgIpc) is 2.69. The van der Waals surface area contributed by atoms with Gasteiger partial charge in [0.2, 0.25) is 0 Å². The first-order valence-electron chi connectivity index (χ1n) is 8.88. The highest BCUT2D eigenvalue weighted by Gasteiger charge is 2.41. The number of alkyl halides is 1. The molecule has 1 aromatic rings. The molecule has 1 aliphatic heterocycles. The zero-order valence-corrected chi connectivity index (χ0v) is 16.6. The zero-order valence-electron chi connectivity index (χ0n) is 15.0. The third-order valence-corrected chi connectivity index (χ3v) is 7.71. The van der Waals surface area contributed by atoms with Gasteiger partial charge in [-0.2, -0.15) is 0 Å². The molecule has 0 aromatic heterocycles. The maximum Gasteiger partial charge on any atom is 0.260 e. The summed E-state index contributed by atoms with van der Waals surface area (Å²) >= 11 is 6.37. The molecule has 1 heterocycles. The fraction of sp³-hybridized carbons (Fsp3) is 0.474. The number of para-hydroxylation sites is 1. The van der Waals surface area contributed by atoms with E-state index in [1.807, 2.05) is 43.3 Å². The molecule has 2 N–H and O–H groups in total. The second-order valence-electron chi connectivity index (χ2n) is 6.76. The van der Waals surface area contributed by atoms with E-state index in [-0.39, 0.29) is 23.9 Å². The van der Waals surface area contributed by atoms with Gasteiger partial charge in [0, 0.05) is 19.6 Å². The number of anilines is 1. The van der Waals surface area contributed by atoms with Crippen molar-refractivity contribution in [2.45, 2.75) is 31.2 Å². The molecule has 0 amide bonds. The summed E-state index contributed by atoms with van der Waals surface area (Å²) in [5, 5.41) is 12.1. The Morgan fingerprint density at radius 1 is 1.27 bits per heavy atom. The van der Waals surface area contributed by atoms with E-state index >= 15 is 0 Å². The number of aliphatic hydroxyl groups is 1. The van der Waals surface area contributed by atoms with Gasteiger partial charge in [-0.1, -0.05) is 37.3 Å². The van der Waals surface area contributed by atoms with Gasteiger partial charge in [-0.15, -0.1) is 11.6 Å². The molecule has 142 valence electrons. The van der Waals surface area contributed by atoms with Crippen LogP contribution in [0.4, 0.5) is 5.69 Å². The highest BCUT2D eigenvalue weighted by Crippen LogP contribution is 2.45. The monoisotopic (exact) mass is 396 g/mol. The van der Waals surface area contributed by atoms with Gasteiger partial charge in [-0.25, -0.2) is 8.42 Å². The number of fused-ring (bicyclic) bond motifs is 1. The molecule has 3 rings (SSSR count). The molecule has 5 nitrogen and oxygen atoms in total. The Kier molecular flexibility index (Phi) is 5.77. The summed E-state index contributed by atoms with van der Waals surface area (Å²) in [5.74, 6) is -0.305. The number of allylic oxidation sites excluding steroid dienone is 2. The van der Waals surface area contributed by atoms with Crippen molar-refractivity contribution in [1.82, 2.24) is 5.32 Å². The van der Waals surface area contributed by atoms with Crippen molar-refractivity contribution in [3.05, 3.63) is 52.5 Å². The number of nitrogens with one attached hydrogen (secondary N) is 1. The SMILES string of the molecule is CC1C2=C(C=CC1Cl)C(NCCCCO)c1ccccc1N(C)S2(=O)=O. The lowest BCUT2D eigenvalue weighted by Crippen LogP contribution is -2.33. The lowest BCUT2D eigenvalue weighted by Gasteiger charge is -2.29. The van der Waals surface area contributed by atoms with E-state index in [1.165, 1.54) is 4.31 Å². The Balaban J connectivity index is 2.15. The highest BCUT2D eigenvalue weighted by atomic mass is 35.5. The van der Waals surface area contributed by atoms with Crippen LogP contribution in [-0.2, 0) is 10.0 Å². The molecule has 0 saturated carbocycles. The van der Waals surface area contributed by atoms with Crippen molar-refractivity contribution in [3.8, 4) is 0 Å². The Morgan fingerprint density at radius 3 is 2.73 bits per heavy atom. The van der Waals surface area contributed by atoms with Gasteiger partial charge in [-0.05, 0) is 36.6 Å². The predicted octanol–water partition coefficient (Wildman–Crippen LogP) is 2.94. The minimum absolute atomic E-state index is 0.152. The van der Waals surface area contributed by atoms with Crippen LogP contribution >= 0.6 is 11.6 Å². The van der Waals surface area contributed by atoms with Crippen molar-refractivity contribution in [1.29, 1.82) is 0 Å². The summed E-state index contributed by atoms with van der Waals surface area (Å²) in [6.07, 6.45) is 5.25. The summed E-state index contributed by atoms with van der Waals surface area (Å²) in [6, 6.07) is 7.34. The molecule has 7 heteroatoms. The summed E-state index contributed by atoms with van der Waals surface area (Å²) in [6.45, 7) is 2.70. The number of hydrogen-bond acceptors (Lipinski definition) is 4. The standard InChI is InChI=1S/C19H25ClN2O3S/c1-13-16(20)10-9-15-18(21-11-5-6-12-23)14-7-3-4-8-17(14)22(2)26(24,25)19(13)15/h3-4,7-10,13,16,18,21,23H,5-6,11-12H2,1-2H3. The number of rotatable bonds is 5. The van der Waals surface area contributed by atoms with Gasteiger partial charge in [0.15, 0.2) is 0 Å². The van der Waals surface area contributed by atoms with Crippen molar-refractivity contribution in [2.75, 3.05) is 24.5 Å². The third kappa shape index (κ3) is 3.31. The van der Waals surface area contributed by atoms with Gasteiger partial charge in [0.1, 0.15) is 0 Å². The zero-order chi connectivity index (χ0) is 18.9. The predicted molar refractivity (Wildman–Crippen MR) is 106 cm³/mol. The number of unbranched alkanes of at least 4 members (excludes halogenated alkanes) is 1. The fourth-order valence-electron chi connectivity index (χ4n) is 3.64. The molecule has 0 bridgehead atoms. The first-order chi connectivity index (χ1) is 12.4. The van der Waals surface area contributed by atoms with E-state index in [4.69, 9.17) is 16.7 Å². The van der Waals surface area contributed by atoms with Crippen molar-refractivity contribution in [2.24, 2.45) is 5.92 Å². The van der Waals surface area contributed by atoms with E-state index in [1.54, 1.807) is 7.05 Å². The maximum atomic E-state index is 13.3. The maximum absolute atomic E-state index is 13.3. The summed E-state index contributed by atoms with van der Waals surface area (Å²) in [4.78, 5) is 0.387. The minimum Gasteiger partial charge on any atom is -0.396 e. The molecule has 1 aliphatic carbocycles. The van der Waals surface area contributed by atoms with Crippen LogP contribution in [0.15, 0.2) is 46.9 Å². The molecule has 0 radical (unpaired) electrons. The number of benzene rings is 1. The molecule has 0 fully saturated rings. The number of aliphatic hydroxyl groups excluding tert-OH is 1. The minimum atomic E-state index is -3.67. The molecule has 3 atom stereocenters. The second-order valence-corrected chi connectivity index (χ2v) is 9.20. The van der Waals surface area contributed by atoms with Gasteiger partial charge in [0.05, 0.1) is 22.0 Å². The fourth-order valence-corrected chi connectivity index (χ4v) is 5.73. The molecule has 0 saturated heterocycles. The largest absolute Gasteiger partial charge is 0.396 e. The lowest BCUT2D eigenvalue weighted by atomic mass is 9.89. The summed E-state index contributed by atoms with van der Waals surface area (Å²) in [7, 11) is -2.07. The quantitative estimate of drug-likeness (QED) is 0.593. The normalized spacial score (nSPS) is 27.1. The highest BCUT2D eigenvalue weighted by molar-refractivity contribution is 7.96. The van der Waals surface area contributed by atoms with Gasteiger partial charge < -0.3 is 10.4 Å². The molecular weight excluding hydrogens is 372 g/mol. The first kappa shape index (κ1) is 19.4. The Hall–Kier alpha value is -1.34. The van der Waals surface area contributed by atoms with E-state index in [0.29, 0.717) is 23.6 Å². The smallest absolute Gasteiger partial charge is 0.260 e. The topological polar surface area (TPSA) is 69.6 Å². The molecular formula is C19H25ClN2O3S. The van der Waals surface area contributed by atoms with Crippen LogP contribution in [0.3, 0.4) is 0 Å². The molecule has 3 unspecified atom stereocenters. The number of hydrogen-bond donors (Lipinski definition) is 2. The molecule has 1 aromatic carbocycles. The Labute approximate surface area is 160 Å². The van der Waals surface area contributed by atoms with E-state index in [9.17, 15) is 8.42 Å². The summed E-state index contributed by atoms with van der Waals surface area (Å²) < 4.78 is 28.0. The Morgan fingerprint density at radius 2 is 2.00 bits per heavy atom. The van der Waals surface area contributed by atoms with Crippen LogP contribution in [0, 0.1) is 5.92 Å². The van der Waals surface area contributed by atoms with Crippen LogP contribution in [0.2, 0.25) is 0 Å². The van der Waals surface area contributed by atoms with Crippen LogP contribution in [0.1, 0.15) is 31.4 Å². The van der Waals surface area contributed by atoms with E-state index < -0.39 is 10.0 Å². The molecule has 26 heavy (non-hydrogen) atoms. The lowest BCUT2D eigenvalue weighted by molar-refractivity contribution is 0.283. The van der Waals surface area contributed by atoms with Crippen molar-refractivity contribution >= 4 is 27.3 Å². The van der Waals surface area contributed by atoms with E-state index in [2.05, 4.69) is 5.32 Å². The van der Waals surface area contributed by atoms with Crippen molar-refractivity contribution < 1.29 is 13.5 Å². The van der Waals surface area contributed by atoms with Crippen LogP contribution in [-0.4, -0.2) is 39.1 Å². The molecule has 2 aliphatic rings. The Bertz CT molecular complexity index is 835. The van der Waals surface area contributed by atoms with Crippen molar-refractivity contribution in [3.63, 3.8) is 0 Å². The van der Waals surface area contributed by atoms with Gasteiger partial charge in [0.25, 0.3) is 10.0 Å². The van der Waals surface area contributed by atoms with Crippen LogP contribution < -0.4 is 9.62 Å². The number of halogens is 1. The number of sulfonamides is 1. The number of nitrogens with zero attached hydrogens (tertiary/aromatic N) is 1. The third-order valence-electron chi connectivity index (χ3n) is 5.11. The van der Waals surface area contributed by atoms with E-state index in [0.717, 1.165) is 17.6 Å². The van der Waals surface area contributed by atoms with Crippen LogP contribution in [0.5, 0.6) is 0 Å².